The highest BCUT2D eigenvalue weighted by atomic mass is 16.2. The van der Waals surface area contributed by atoms with Gasteiger partial charge in [0.15, 0.2) is 0 Å². The van der Waals surface area contributed by atoms with E-state index in [1.807, 2.05) is 66.7 Å². The number of nitrogens with zero attached hydrogens (tertiary/aromatic N) is 1. The van der Waals surface area contributed by atoms with Crippen molar-refractivity contribution in [1.82, 2.24) is 10.6 Å². The monoisotopic (exact) mass is 399 g/mol. The number of carbonyl (C=O) groups is 2. The third-order valence-electron chi connectivity index (χ3n) is 5.29. The smallest absolute Gasteiger partial charge is 0.251 e. The number of rotatable bonds is 6. The normalized spacial score (nSPS) is 13.6. The van der Waals surface area contributed by atoms with Crippen LogP contribution in [0.3, 0.4) is 0 Å². The molecule has 0 atom stereocenters. The van der Waals surface area contributed by atoms with Crippen LogP contribution < -0.4 is 15.5 Å². The molecule has 0 bridgehead atoms. The average Bonchev–Trinajstić information content (AvgIpc) is 2.79. The molecular weight excluding hydrogens is 374 g/mol. The molecule has 1 aliphatic heterocycles. The van der Waals surface area contributed by atoms with E-state index in [-0.39, 0.29) is 11.8 Å². The summed E-state index contributed by atoms with van der Waals surface area (Å²) in [6.45, 7) is 2.31. The molecule has 1 heterocycles. The van der Waals surface area contributed by atoms with Crippen LogP contribution >= 0.6 is 0 Å². The molecule has 4 rings (SSSR count). The minimum Gasteiger partial charge on any atom is -0.360 e. The standard InChI is InChI=1S/C25H25N3O2/c29-24-18-28(15-14-26-24)22-12-10-20(11-13-22)17-27-25(30)23-9-5-4-8-21(23)16-19-6-2-1-3-7-19/h1-13H,14-18H2,(H,26,29)(H,27,30). The topological polar surface area (TPSA) is 61.4 Å². The van der Waals surface area contributed by atoms with Gasteiger partial charge >= 0.3 is 0 Å². The Morgan fingerprint density at radius 1 is 0.900 bits per heavy atom. The molecule has 1 aliphatic rings. The fourth-order valence-corrected chi connectivity index (χ4v) is 3.67. The number of hydrogen-bond acceptors (Lipinski definition) is 3. The van der Waals surface area contributed by atoms with Gasteiger partial charge in [0.1, 0.15) is 0 Å². The molecule has 1 saturated heterocycles. The lowest BCUT2D eigenvalue weighted by molar-refractivity contribution is -0.120. The van der Waals surface area contributed by atoms with Gasteiger partial charge in [0.2, 0.25) is 5.91 Å². The summed E-state index contributed by atoms with van der Waals surface area (Å²) in [4.78, 5) is 26.4. The average molecular weight is 399 g/mol. The largest absolute Gasteiger partial charge is 0.360 e. The molecule has 0 unspecified atom stereocenters. The molecule has 0 saturated carbocycles. The molecule has 5 nitrogen and oxygen atoms in total. The van der Waals surface area contributed by atoms with Gasteiger partial charge in [0.05, 0.1) is 6.54 Å². The third-order valence-corrected chi connectivity index (χ3v) is 5.29. The van der Waals surface area contributed by atoms with Gasteiger partial charge in [0, 0.05) is 30.9 Å². The molecule has 0 aliphatic carbocycles. The van der Waals surface area contributed by atoms with Crippen LogP contribution in [0.2, 0.25) is 0 Å². The Morgan fingerprint density at radius 3 is 2.40 bits per heavy atom. The van der Waals surface area contributed by atoms with Gasteiger partial charge < -0.3 is 15.5 Å². The minimum atomic E-state index is -0.0710. The van der Waals surface area contributed by atoms with Crippen LogP contribution in [0.4, 0.5) is 5.69 Å². The van der Waals surface area contributed by atoms with Crippen molar-refractivity contribution in [3.63, 3.8) is 0 Å². The Kier molecular flexibility index (Phi) is 6.09. The Labute approximate surface area is 176 Å². The van der Waals surface area contributed by atoms with Gasteiger partial charge in [0.25, 0.3) is 5.91 Å². The summed E-state index contributed by atoms with van der Waals surface area (Å²) in [5.41, 5.74) is 4.94. The number of hydrogen-bond donors (Lipinski definition) is 2. The van der Waals surface area contributed by atoms with Crippen molar-refractivity contribution < 1.29 is 9.59 Å². The first-order chi connectivity index (χ1) is 14.7. The number of benzene rings is 3. The highest BCUT2D eigenvalue weighted by molar-refractivity contribution is 5.95. The summed E-state index contributed by atoms with van der Waals surface area (Å²) < 4.78 is 0. The van der Waals surface area contributed by atoms with Crippen molar-refractivity contribution in [3.05, 3.63) is 101 Å². The first-order valence-electron chi connectivity index (χ1n) is 10.2. The third kappa shape index (κ3) is 4.87. The zero-order valence-electron chi connectivity index (χ0n) is 16.8. The molecule has 0 aromatic heterocycles. The molecule has 2 N–H and O–H groups in total. The van der Waals surface area contributed by atoms with Crippen LogP contribution in [0.15, 0.2) is 78.9 Å². The van der Waals surface area contributed by atoms with Crippen LogP contribution in [0.25, 0.3) is 0 Å². The van der Waals surface area contributed by atoms with Gasteiger partial charge in [-0.2, -0.15) is 0 Å². The summed E-state index contributed by atoms with van der Waals surface area (Å²) in [6.07, 6.45) is 0.725. The molecule has 0 radical (unpaired) electrons. The zero-order valence-corrected chi connectivity index (χ0v) is 16.8. The van der Waals surface area contributed by atoms with E-state index in [0.29, 0.717) is 25.2 Å². The van der Waals surface area contributed by atoms with Crippen LogP contribution in [-0.2, 0) is 17.8 Å². The summed E-state index contributed by atoms with van der Waals surface area (Å²) in [5, 5.41) is 5.86. The fraction of sp³-hybridized carbons (Fsp3) is 0.200. The molecule has 2 amide bonds. The Balaban J connectivity index is 1.38. The molecule has 1 fully saturated rings. The number of nitrogens with one attached hydrogen (secondary N) is 2. The van der Waals surface area contributed by atoms with Gasteiger partial charge in [-0.05, 0) is 41.3 Å². The van der Waals surface area contributed by atoms with E-state index in [1.54, 1.807) is 0 Å². The maximum absolute atomic E-state index is 12.8. The van der Waals surface area contributed by atoms with Crippen molar-refractivity contribution >= 4 is 17.5 Å². The SMILES string of the molecule is O=C1CN(c2ccc(CNC(=O)c3ccccc3Cc3ccccc3)cc2)CCN1. The zero-order chi connectivity index (χ0) is 20.8. The number of anilines is 1. The van der Waals surface area contributed by atoms with Crippen LogP contribution in [0, 0.1) is 0 Å². The van der Waals surface area contributed by atoms with Crippen LogP contribution in [0.5, 0.6) is 0 Å². The maximum atomic E-state index is 12.8. The van der Waals surface area contributed by atoms with Gasteiger partial charge in [-0.1, -0.05) is 60.7 Å². The number of amides is 2. The maximum Gasteiger partial charge on any atom is 0.251 e. The fourth-order valence-electron chi connectivity index (χ4n) is 3.67. The van der Waals surface area contributed by atoms with Gasteiger partial charge in [-0.3, -0.25) is 9.59 Å². The predicted octanol–water partition coefficient (Wildman–Crippen LogP) is 3.14. The number of carbonyl (C=O) groups excluding carboxylic acids is 2. The predicted molar refractivity (Wildman–Crippen MR) is 119 cm³/mol. The molecule has 3 aromatic rings. The Morgan fingerprint density at radius 2 is 1.63 bits per heavy atom. The second kappa shape index (κ2) is 9.27. The number of piperazine rings is 1. The lowest BCUT2D eigenvalue weighted by atomic mass is 9.99. The Bertz CT molecular complexity index is 1020. The summed E-state index contributed by atoms with van der Waals surface area (Å²) in [5.74, 6) is -0.0231. The van der Waals surface area contributed by atoms with E-state index in [1.165, 1.54) is 5.56 Å². The van der Waals surface area contributed by atoms with Crippen LogP contribution in [-0.4, -0.2) is 31.4 Å². The van der Waals surface area contributed by atoms with Gasteiger partial charge in [-0.15, -0.1) is 0 Å². The van der Waals surface area contributed by atoms with Gasteiger partial charge in [-0.25, -0.2) is 0 Å². The minimum absolute atomic E-state index is 0.0479. The van der Waals surface area contributed by atoms with E-state index in [9.17, 15) is 9.59 Å². The lowest BCUT2D eigenvalue weighted by Gasteiger charge is -2.28. The van der Waals surface area contributed by atoms with E-state index in [4.69, 9.17) is 0 Å². The van der Waals surface area contributed by atoms with Crippen molar-refractivity contribution in [2.45, 2.75) is 13.0 Å². The molecule has 3 aromatic carbocycles. The summed E-state index contributed by atoms with van der Waals surface area (Å²) in [7, 11) is 0. The lowest BCUT2D eigenvalue weighted by Crippen LogP contribution is -2.47. The highest BCUT2D eigenvalue weighted by Crippen LogP contribution is 2.17. The van der Waals surface area contributed by atoms with E-state index < -0.39 is 0 Å². The molecule has 30 heavy (non-hydrogen) atoms. The molecular formula is C25H25N3O2. The van der Waals surface area contributed by atoms with E-state index >= 15 is 0 Å². The second-order valence-corrected chi connectivity index (χ2v) is 7.44. The van der Waals surface area contributed by atoms with E-state index in [0.717, 1.165) is 29.8 Å². The van der Waals surface area contributed by atoms with E-state index in [2.05, 4.69) is 27.7 Å². The summed E-state index contributed by atoms with van der Waals surface area (Å²) in [6, 6.07) is 25.9. The van der Waals surface area contributed by atoms with Crippen molar-refractivity contribution in [2.24, 2.45) is 0 Å². The molecule has 152 valence electrons. The second-order valence-electron chi connectivity index (χ2n) is 7.44. The summed E-state index contributed by atoms with van der Waals surface area (Å²) >= 11 is 0. The molecule has 0 spiro atoms. The Hall–Kier alpha value is -3.60. The van der Waals surface area contributed by atoms with Crippen molar-refractivity contribution in [3.8, 4) is 0 Å². The molecule has 5 heteroatoms. The van der Waals surface area contributed by atoms with Crippen LogP contribution in [0.1, 0.15) is 27.0 Å². The first kappa shape index (κ1) is 19.7. The van der Waals surface area contributed by atoms with Crippen molar-refractivity contribution in [2.75, 3.05) is 24.5 Å². The first-order valence-corrected chi connectivity index (χ1v) is 10.2. The van der Waals surface area contributed by atoms with Crippen molar-refractivity contribution in [1.29, 1.82) is 0 Å². The quantitative estimate of drug-likeness (QED) is 0.669. The highest BCUT2D eigenvalue weighted by Gasteiger charge is 2.16.